The molecule has 1 heterocycles. The van der Waals surface area contributed by atoms with Crippen LogP contribution in [-0.2, 0) is 44.1 Å². The minimum absolute atomic E-state index is 0.0419. The Labute approximate surface area is 218 Å². The Hall–Kier alpha value is -2.20. The molecule has 9 heteroatoms. The van der Waals surface area contributed by atoms with Gasteiger partial charge >= 0.3 is 11.9 Å². The third-order valence-corrected chi connectivity index (χ3v) is 8.45. The van der Waals surface area contributed by atoms with E-state index in [1.807, 2.05) is 31.2 Å². The van der Waals surface area contributed by atoms with Crippen LogP contribution in [0.25, 0.3) is 0 Å². The number of benzene rings is 1. The molecule has 0 aromatic heterocycles. The van der Waals surface area contributed by atoms with Crippen LogP contribution in [0.5, 0.6) is 5.75 Å². The third-order valence-electron chi connectivity index (χ3n) is 8.45. The first-order valence-corrected chi connectivity index (χ1v) is 13.2. The summed E-state index contributed by atoms with van der Waals surface area (Å²) < 4.78 is 28.0. The molecule has 4 rings (SSSR count). The first-order valence-electron chi connectivity index (χ1n) is 13.2. The fourth-order valence-corrected chi connectivity index (χ4v) is 7.11. The van der Waals surface area contributed by atoms with Crippen molar-refractivity contribution in [2.24, 2.45) is 23.7 Å². The molecule has 0 N–H and O–H groups in total. The van der Waals surface area contributed by atoms with Crippen molar-refractivity contribution in [2.45, 2.75) is 69.9 Å². The largest absolute Gasteiger partial charge is 0.494 e. The molecule has 3 aliphatic rings. The normalized spacial score (nSPS) is 34.6. The number of methoxy groups -OCH3 is 3. The van der Waals surface area contributed by atoms with Crippen LogP contribution in [0.15, 0.2) is 24.3 Å². The van der Waals surface area contributed by atoms with E-state index in [4.69, 9.17) is 33.5 Å². The van der Waals surface area contributed by atoms with Gasteiger partial charge < -0.3 is 23.7 Å². The van der Waals surface area contributed by atoms with E-state index in [9.17, 15) is 9.59 Å². The van der Waals surface area contributed by atoms with Gasteiger partial charge in [0.2, 0.25) is 0 Å². The van der Waals surface area contributed by atoms with Crippen molar-refractivity contribution in [3.63, 3.8) is 0 Å². The van der Waals surface area contributed by atoms with Crippen molar-refractivity contribution >= 4 is 11.9 Å². The van der Waals surface area contributed by atoms with Crippen molar-refractivity contribution in [2.75, 3.05) is 34.5 Å². The Bertz CT molecular complexity index is 958. The summed E-state index contributed by atoms with van der Waals surface area (Å²) in [7, 11) is 4.19. The van der Waals surface area contributed by atoms with Crippen molar-refractivity contribution < 1.29 is 43.0 Å². The van der Waals surface area contributed by atoms with Crippen LogP contribution in [0, 0.1) is 23.7 Å². The maximum absolute atomic E-state index is 12.1. The molecule has 1 saturated heterocycles. The van der Waals surface area contributed by atoms with E-state index in [2.05, 4.69) is 13.8 Å². The topological polar surface area (TPSA) is 98.8 Å². The number of rotatable bonds is 10. The zero-order valence-electron chi connectivity index (χ0n) is 22.7. The molecule has 1 spiro atoms. The van der Waals surface area contributed by atoms with E-state index in [1.165, 1.54) is 14.2 Å². The zero-order valence-corrected chi connectivity index (χ0v) is 22.7. The molecule has 37 heavy (non-hydrogen) atoms. The van der Waals surface area contributed by atoms with E-state index in [1.54, 1.807) is 7.11 Å². The summed E-state index contributed by atoms with van der Waals surface area (Å²) in [6, 6.07) is 7.83. The standard InChI is InChI=1S/C28H40O9/c1-7-34-22-10-8-9-20(14-22)28(33-6)27(36-37-28)19(3)16-26(15-18(2)13-21(27)17-26)35-12-11-23(24(29)31-4)25(30)32-5/h8-10,14,18-19,21,23H,7,11-13,15-17H2,1-6H3. The molecule has 3 fully saturated rings. The summed E-state index contributed by atoms with van der Waals surface area (Å²) in [4.78, 5) is 36.2. The Morgan fingerprint density at radius 3 is 2.38 bits per heavy atom. The second-order valence-corrected chi connectivity index (χ2v) is 10.7. The quantitative estimate of drug-likeness (QED) is 0.256. The molecule has 9 nitrogen and oxygen atoms in total. The summed E-state index contributed by atoms with van der Waals surface area (Å²) in [6.07, 6.45) is 3.54. The summed E-state index contributed by atoms with van der Waals surface area (Å²) in [5, 5.41) is 0. The number of hydrogen-bond donors (Lipinski definition) is 0. The van der Waals surface area contributed by atoms with E-state index in [0.29, 0.717) is 12.5 Å². The molecule has 1 aromatic carbocycles. The van der Waals surface area contributed by atoms with Gasteiger partial charge in [0.05, 0.1) is 26.4 Å². The van der Waals surface area contributed by atoms with Crippen LogP contribution in [0.1, 0.15) is 58.4 Å². The van der Waals surface area contributed by atoms with Crippen LogP contribution in [0.2, 0.25) is 0 Å². The van der Waals surface area contributed by atoms with Gasteiger partial charge in [-0.1, -0.05) is 26.0 Å². The molecule has 1 aliphatic heterocycles. The Morgan fingerprint density at radius 2 is 1.78 bits per heavy atom. The average Bonchev–Trinajstić information content (AvgIpc) is 2.86. The lowest BCUT2D eigenvalue weighted by Crippen LogP contribution is -2.76. The highest BCUT2D eigenvalue weighted by Crippen LogP contribution is 2.66. The predicted octanol–water partition coefficient (Wildman–Crippen LogP) is 4.17. The number of fused-ring (bicyclic) bond motifs is 3. The Kier molecular flexibility index (Phi) is 8.19. The van der Waals surface area contributed by atoms with Crippen LogP contribution in [0.4, 0.5) is 0 Å². The maximum atomic E-state index is 12.1. The van der Waals surface area contributed by atoms with Crippen LogP contribution >= 0.6 is 0 Å². The van der Waals surface area contributed by atoms with Gasteiger partial charge in [-0.05, 0) is 63.0 Å². The van der Waals surface area contributed by atoms with Gasteiger partial charge in [-0.2, -0.15) is 4.89 Å². The highest BCUT2D eigenvalue weighted by Gasteiger charge is 2.75. The minimum atomic E-state index is -1.06. The monoisotopic (exact) mass is 520 g/mol. The molecule has 1 aromatic rings. The third kappa shape index (κ3) is 4.64. The predicted molar refractivity (Wildman–Crippen MR) is 132 cm³/mol. The van der Waals surface area contributed by atoms with Gasteiger partial charge in [-0.3, -0.25) is 9.59 Å². The first-order chi connectivity index (χ1) is 17.7. The SMILES string of the molecule is CCOc1cccc(C2(OC)OOC23C(C)CC2(OCCC(C(=O)OC)C(=O)OC)CC(C)CC3C2)c1. The number of hydrogen-bond acceptors (Lipinski definition) is 9. The first kappa shape index (κ1) is 27.8. The fourth-order valence-electron chi connectivity index (χ4n) is 7.11. The van der Waals surface area contributed by atoms with Crippen molar-refractivity contribution in [3.8, 4) is 5.75 Å². The van der Waals surface area contributed by atoms with Gasteiger partial charge in [0.25, 0.3) is 5.79 Å². The Balaban J connectivity index is 1.57. The second kappa shape index (κ2) is 10.9. The van der Waals surface area contributed by atoms with Gasteiger partial charge in [-0.25, -0.2) is 4.89 Å². The molecule has 0 radical (unpaired) electrons. The second-order valence-electron chi connectivity index (χ2n) is 10.7. The molecule has 6 atom stereocenters. The van der Waals surface area contributed by atoms with Crippen LogP contribution in [0.3, 0.4) is 0 Å². The van der Waals surface area contributed by atoms with Crippen molar-refractivity contribution in [1.29, 1.82) is 0 Å². The molecule has 6 unspecified atom stereocenters. The summed E-state index contributed by atoms with van der Waals surface area (Å²) in [5.41, 5.74) is -0.214. The van der Waals surface area contributed by atoms with Crippen LogP contribution < -0.4 is 4.74 Å². The zero-order chi connectivity index (χ0) is 26.8. The number of carbonyl (C=O) groups excluding carboxylic acids is 2. The smallest absolute Gasteiger partial charge is 0.320 e. The molecule has 2 aliphatic carbocycles. The van der Waals surface area contributed by atoms with Crippen molar-refractivity contribution in [3.05, 3.63) is 29.8 Å². The molecule has 2 bridgehead atoms. The fraction of sp³-hybridized carbons (Fsp3) is 0.714. The van der Waals surface area contributed by atoms with E-state index in [0.717, 1.165) is 37.0 Å². The summed E-state index contributed by atoms with van der Waals surface area (Å²) >= 11 is 0. The van der Waals surface area contributed by atoms with Gasteiger partial charge in [-0.15, -0.1) is 0 Å². The minimum Gasteiger partial charge on any atom is -0.494 e. The molecule has 2 saturated carbocycles. The van der Waals surface area contributed by atoms with Gasteiger partial charge in [0, 0.05) is 25.2 Å². The molecule has 0 amide bonds. The van der Waals surface area contributed by atoms with Crippen LogP contribution in [-0.4, -0.2) is 57.7 Å². The molecular formula is C28H40O9. The lowest BCUT2D eigenvalue weighted by atomic mass is 9.52. The van der Waals surface area contributed by atoms with Gasteiger partial charge in [0.15, 0.2) is 11.5 Å². The van der Waals surface area contributed by atoms with E-state index >= 15 is 0 Å². The van der Waals surface area contributed by atoms with Gasteiger partial charge in [0.1, 0.15) is 5.75 Å². The lowest BCUT2D eigenvalue weighted by Gasteiger charge is -2.66. The van der Waals surface area contributed by atoms with E-state index < -0.39 is 34.8 Å². The number of carbonyl (C=O) groups is 2. The van der Waals surface area contributed by atoms with Crippen molar-refractivity contribution in [1.82, 2.24) is 0 Å². The average molecular weight is 521 g/mol. The number of ether oxygens (including phenoxy) is 5. The summed E-state index contributed by atoms with van der Waals surface area (Å²) in [5.74, 6) is -2.00. The highest BCUT2D eigenvalue weighted by atomic mass is 17.3. The molecular weight excluding hydrogens is 480 g/mol. The summed E-state index contributed by atoms with van der Waals surface area (Å²) in [6.45, 7) is 7.15. The number of esters is 2. The molecule has 206 valence electrons. The maximum Gasteiger partial charge on any atom is 0.320 e. The lowest BCUT2D eigenvalue weighted by molar-refractivity contribution is -0.642. The highest BCUT2D eigenvalue weighted by molar-refractivity contribution is 5.94. The Morgan fingerprint density at radius 1 is 1.05 bits per heavy atom. The van der Waals surface area contributed by atoms with E-state index in [-0.39, 0.29) is 24.9 Å².